The van der Waals surface area contributed by atoms with Crippen LogP contribution in [-0.4, -0.2) is 53.5 Å². The van der Waals surface area contributed by atoms with E-state index in [0.29, 0.717) is 41.3 Å². The van der Waals surface area contributed by atoms with Gasteiger partial charge in [-0.3, -0.25) is 9.59 Å². The summed E-state index contributed by atoms with van der Waals surface area (Å²) in [4.78, 5) is 35.8. The summed E-state index contributed by atoms with van der Waals surface area (Å²) in [5.41, 5.74) is 1.80. The Morgan fingerprint density at radius 3 is 2.48 bits per heavy atom. The van der Waals surface area contributed by atoms with Crippen molar-refractivity contribution in [2.75, 3.05) is 38.0 Å². The molecule has 0 aliphatic heterocycles. The normalized spacial score (nSPS) is 13.1. The highest BCUT2D eigenvalue weighted by Gasteiger charge is 2.24. The Morgan fingerprint density at radius 1 is 1.05 bits per heavy atom. The maximum Gasteiger partial charge on any atom is 0.258 e. The minimum absolute atomic E-state index is 0.154. The molecule has 3 N–H and O–H groups in total. The number of carbonyl (C=O) groups is 1. The largest absolute Gasteiger partial charge is 0.370 e. The Kier molecular flexibility index (Phi) is 8.97. The summed E-state index contributed by atoms with van der Waals surface area (Å²) in [7, 11) is 0. The third-order valence-electron chi connectivity index (χ3n) is 7.97. The first-order valence-corrected chi connectivity index (χ1v) is 14.7. The average molecular weight is 574 g/mol. The molecule has 1 amide bonds. The number of aryl methyl sites for hydroxylation is 1. The molecule has 4 aromatic rings. The predicted octanol–water partition coefficient (Wildman–Crippen LogP) is 6.13. The van der Waals surface area contributed by atoms with Crippen LogP contribution in [0.2, 0.25) is 0 Å². The molecule has 1 aliphatic carbocycles. The van der Waals surface area contributed by atoms with Crippen LogP contribution >= 0.6 is 0 Å². The van der Waals surface area contributed by atoms with Crippen molar-refractivity contribution in [2.45, 2.75) is 40.0 Å². The predicted molar refractivity (Wildman–Crippen MR) is 164 cm³/mol. The van der Waals surface area contributed by atoms with Gasteiger partial charge in [-0.15, -0.1) is 0 Å². The number of fused-ring (bicyclic) bond motifs is 1. The van der Waals surface area contributed by atoms with Gasteiger partial charge in [0.05, 0.1) is 16.6 Å². The average Bonchev–Trinajstić information content (AvgIpc) is 3.81. The van der Waals surface area contributed by atoms with Crippen molar-refractivity contribution in [3.63, 3.8) is 0 Å². The highest BCUT2D eigenvalue weighted by atomic mass is 19.1. The van der Waals surface area contributed by atoms with E-state index in [0.717, 1.165) is 62.2 Å². The van der Waals surface area contributed by atoms with Crippen LogP contribution in [0.15, 0.2) is 53.5 Å². The molecule has 2 aromatic heterocycles. The summed E-state index contributed by atoms with van der Waals surface area (Å²) >= 11 is 0. The SMILES string of the molecule is CCN(CC)CCCNc1cc(-c2cc(C(=O)NCC3CC3)ccc2C)c2c[nH]c(=O)c(-c3c(F)cccc3F)c2n1. The van der Waals surface area contributed by atoms with Crippen LogP contribution in [0.1, 0.15) is 49.0 Å². The van der Waals surface area contributed by atoms with E-state index < -0.39 is 22.8 Å². The molecule has 1 aliphatic rings. The first-order chi connectivity index (χ1) is 20.3. The number of halogens is 2. The molecule has 1 saturated carbocycles. The number of H-pyrrole nitrogens is 1. The number of benzene rings is 2. The third kappa shape index (κ3) is 6.36. The van der Waals surface area contributed by atoms with Crippen molar-refractivity contribution in [3.05, 3.63) is 81.8 Å². The van der Waals surface area contributed by atoms with Gasteiger partial charge in [-0.05, 0) is 98.8 Å². The number of hydrogen-bond acceptors (Lipinski definition) is 5. The molecule has 5 rings (SSSR count). The molecule has 1 fully saturated rings. The van der Waals surface area contributed by atoms with Crippen LogP contribution in [0, 0.1) is 24.5 Å². The van der Waals surface area contributed by atoms with E-state index in [9.17, 15) is 9.59 Å². The summed E-state index contributed by atoms with van der Waals surface area (Å²) in [6.45, 7) is 10.3. The summed E-state index contributed by atoms with van der Waals surface area (Å²) in [5.74, 6) is -0.825. The fourth-order valence-corrected chi connectivity index (χ4v) is 5.26. The van der Waals surface area contributed by atoms with Gasteiger partial charge in [-0.1, -0.05) is 26.0 Å². The number of rotatable bonds is 12. The molecule has 42 heavy (non-hydrogen) atoms. The summed E-state index contributed by atoms with van der Waals surface area (Å²) in [5, 5.41) is 6.88. The smallest absolute Gasteiger partial charge is 0.258 e. The van der Waals surface area contributed by atoms with Crippen LogP contribution in [0.25, 0.3) is 33.2 Å². The van der Waals surface area contributed by atoms with E-state index in [1.165, 1.54) is 12.3 Å². The molecule has 0 unspecified atom stereocenters. The lowest BCUT2D eigenvalue weighted by molar-refractivity contribution is 0.0952. The lowest BCUT2D eigenvalue weighted by Crippen LogP contribution is -2.25. The third-order valence-corrected chi connectivity index (χ3v) is 7.97. The van der Waals surface area contributed by atoms with Crippen LogP contribution in [-0.2, 0) is 0 Å². The molecular weight excluding hydrogens is 536 g/mol. The van der Waals surface area contributed by atoms with Crippen LogP contribution in [0.5, 0.6) is 0 Å². The molecule has 2 aromatic carbocycles. The van der Waals surface area contributed by atoms with E-state index in [1.807, 2.05) is 25.1 Å². The van der Waals surface area contributed by atoms with Crippen molar-refractivity contribution in [2.24, 2.45) is 5.92 Å². The molecule has 0 spiro atoms. The van der Waals surface area contributed by atoms with Gasteiger partial charge in [0, 0.05) is 30.2 Å². The van der Waals surface area contributed by atoms with Gasteiger partial charge in [0.2, 0.25) is 0 Å². The number of aromatic amines is 1. The molecular formula is C33H37F2N5O2. The minimum atomic E-state index is -0.848. The van der Waals surface area contributed by atoms with Crippen LogP contribution in [0.3, 0.4) is 0 Å². The van der Waals surface area contributed by atoms with Gasteiger partial charge in [0.25, 0.3) is 11.5 Å². The van der Waals surface area contributed by atoms with Crippen molar-refractivity contribution in [3.8, 4) is 22.3 Å². The Labute approximate surface area is 244 Å². The van der Waals surface area contributed by atoms with Gasteiger partial charge in [0.15, 0.2) is 0 Å². The quantitative estimate of drug-likeness (QED) is 0.178. The number of pyridine rings is 2. The molecule has 0 atom stereocenters. The first-order valence-electron chi connectivity index (χ1n) is 14.7. The number of nitrogens with zero attached hydrogens (tertiary/aromatic N) is 2. The van der Waals surface area contributed by atoms with Crippen molar-refractivity contribution < 1.29 is 13.6 Å². The number of amides is 1. The molecule has 2 heterocycles. The van der Waals surface area contributed by atoms with Crippen molar-refractivity contribution in [1.29, 1.82) is 0 Å². The number of nitrogens with one attached hydrogen (secondary N) is 3. The van der Waals surface area contributed by atoms with Gasteiger partial charge >= 0.3 is 0 Å². The van der Waals surface area contributed by atoms with E-state index in [2.05, 4.69) is 34.4 Å². The second kappa shape index (κ2) is 12.8. The van der Waals surface area contributed by atoms with E-state index in [1.54, 1.807) is 6.07 Å². The minimum Gasteiger partial charge on any atom is -0.370 e. The standard InChI is InChI=1S/C33H37F2N5O2/c1-4-40(5-2)15-7-14-36-28-17-24(23-16-22(13-10-20(23)3)32(41)37-18-21-11-12-21)25-19-38-33(42)30(31(25)39-28)29-26(34)8-6-9-27(29)35/h6,8-10,13,16-17,19,21H,4-5,7,11-12,14-15,18H2,1-3H3,(H,36,39)(H,37,41)(H,38,42). The van der Waals surface area contributed by atoms with Crippen molar-refractivity contribution in [1.82, 2.24) is 20.2 Å². The summed E-state index contributed by atoms with van der Waals surface area (Å²) in [6, 6.07) is 10.9. The maximum atomic E-state index is 15.0. The number of carbonyl (C=O) groups excluding carboxylic acids is 1. The van der Waals surface area contributed by atoms with Crippen LogP contribution in [0.4, 0.5) is 14.6 Å². The zero-order chi connectivity index (χ0) is 29.8. The summed E-state index contributed by atoms with van der Waals surface area (Å²) in [6.07, 6.45) is 4.65. The molecule has 0 bridgehead atoms. The fraction of sp³-hybridized carbons (Fsp3) is 0.364. The van der Waals surface area contributed by atoms with Crippen molar-refractivity contribution >= 4 is 22.6 Å². The van der Waals surface area contributed by atoms with Gasteiger partial charge in [-0.25, -0.2) is 13.8 Å². The Hall–Kier alpha value is -4.11. The molecule has 0 radical (unpaired) electrons. The Morgan fingerprint density at radius 2 is 1.79 bits per heavy atom. The Bertz CT molecular complexity index is 1640. The second-order valence-electron chi connectivity index (χ2n) is 10.9. The number of aromatic nitrogens is 2. The number of hydrogen-bond donors (Lipinski definition) is 3. The fourth-order valence-electron chi connectivity index (χ4n) is 5.26. The zero-order valence-electron chi connectivity index (χ0n) is 24.3. The maximum absolute atomic E-state index is 15.0. The number of anilines is 1. The zero-order valence-corrected chi connectivity index (χ0v) is 24.3. The first kappa shape index (κ1) is 29.4. The van der Waals surface area contributed by atoms with Gasteiger partial charge in [0.1, 0.15) is 17.5 Å². The molecule has 0 saturated heterocycles. The molecule has 9 heteroatoms. The lowest BCUT2D eigenvalue weighted by Gasteiger charge is -2.19. The van der Waals surface area contributed by atoms with E-state index in [4.69, 9.17) is 4.98 Å². The molecule has 220 valence electrons. The van der Waals surface area contributed by atoms with Crippen LogP contribution < -0.4 is 16.2 Å². The lowest BCUT2D eigenvalue weighted by atomic mass is 9.93. The highest BCUT2D eigenvalue weighted by molar-refractivity contribution is 6.04. The second-order valence-corrected chi connectivity index (χ2v) is 10.9. The Balaban J connectivity index is 1.63. The molecule has 7 nitrogen and oxygen atoms in total. The topological polar surface area (TPSA) is 90.1 Å². The monoisotopic (exact) mass is 573 g/mol. The van der Waals surface area contributed by atoms with Gasteiger partial charge < -0.3 is 20.5 Å². The van der Waals surface area contributed by atoms with E-state index in [-0.39, 0.29) is 17.0 Å². The van der Waals surface area contributed by atoms with E-state index >= 15 is 8.78 Å². The summed E-state index contributed by atoms with van der Waals surface area (Å²) < 4.78 is 30.0. The van der Waals surface area contributed by atoms with Gasteiger partial charge in [-0.2, -0.15) is 0 Å². The highest BCUT2D eigenvalue weighted by Crippen LogP contribution is 2.37.